The molecule has 8 heteroatoms. The van der Waals surface area contributed by atoms with Crippen LogP contribution < -0.4 is 5.32 Å². The average Bonchev–Trinajstić information content (AvgIpc) is 3.34. The van der Waals surface area contributed by atoms with Crippen molar-refractivity contribution < 1.29 is 19.2 Å². The number of unbranched alkanes of at least 4 members (excludes halogenated alkanes) is 1. The topological polar surface area (TPSA) is 103 Å². The van der Waals surface area contributed by atoms with Crippen LogP contribution in [0.25, 0.3) is 22.0 Å². The molecule has 8 nitrogen and oxygen atoms in total. The first-order valence-corrected chi connectivity index (χ1v) is 14.3. The number of esters is 1. The standard InChI is InChI=1S/C35H33N3O5/c1-3-4-19-43-35(40)31-8-6-5-7-30(31)27-13-9-26(10-14-27)23-37-22-24(2)32-20-28(15-18-33(32)37)34(39)36-21-25-11-16-29(17-12-25)38(41)42/h5-18,20,22H,3-4,19,21,23H2,1-2H3,(H,36,39). The summed E-state index contributed by atoms with van der Waals surface area (Å²) in [6.07, 6.45) is 3.89. The molecule has 218 valence electrons. The van der Waals surface area contributed by atoms with Crippen molar-refractivity contribution in [3.8, 4) is 11.1 Å². The van der Waals surface area contributed by atoms with Crippen LogP contribution in [0.4, 0.5) is 5.69 Å². The Labute approximate surface area is 250 Å². The van der Waals surface area contributed by atoms with Crippen molar-refractivity contribution in [1.29, 1.82) is 0 Å². The second-order valence-corrected chi connectivity index (χ2v) is 10.5. The number of fused-ring (bicyclic) bond motifs is 1. The molecule has 5 aromatic rings. The maximum Gasteiger partial charge on any atom is 0.338 e. The van der Waals surface area contributed by atoms with E-state index in [1.54, 1.807) is 18.2 Å². The largest absolute Gasteiger partial charge is 0.462 e. The summed E-state index contributed by atoms with van der Waals surface area (Å²) in [6, 6.07) is 27.5. The number of carbonyl (C=O) groups is 2. The number of benzene rings is 4. The molecule has 0 radical (unpaired) electrons. The van der Waals surface area contributed by atoms with Crippen molar-refractivity contribution in [2.45, 2.75) is 39.8 Å². The van der Waals surface area contributed by atoms with Gasteiger partial charge in [-0.25, -0.2) is 4.79 Å². The number of nitro groups is 1. The van der Waals surface area contributed by atoms with Crippen LogP contribution in [0.2, 0.25) is 0 Å². The number of hydrogen-bond donors (Lipinski definition) is 1. The lowest BCUT2D eigenvalue weighted by atomic mass is 9.98. The van der Waals surface area contributed by atoms with Gasteiger partial charge in [0.1, 0.15) is 0 Å². The van der Waals surface area contributed by atoms with Crippen molar-refractivity contribution >= 4 is 28.5 Å². The Balaban J connectivity index is 1.28. The highest BCUT2D eigenvalue weighted by Gasteiger charge is 2.15. The lowest BCUT2D eigenvalue weighted by molar-refractivity contribution is -0.384. The molecule has 0 saturated carbocycles. The minimum Gasteiger partial charge on any atom is -0.462 e. The predicted octanol–water partition coefficient (Wildman–Crippen LogP) is 7.46. The van der Waals surface area contributed by atoms with E-state index >= 15 is 0 Å². The number of ether oxygens (including phenoxy) is 1. The highest BCUT2D eigenvalue weighted by molar-refractivity contribution is 5.99. The van der Waals surface area contributed by atoms with Gasteiger partial charge in [-0.3, -0.25) is 14.9 Å². The van der Waals surface area contributed by atoms with Gasteiger partial charge in [-0.2, -0.15) is 0 Å². The molecule has 0 saturated heterocycles. The maximum atomic E-state index is 12.9. The Hall–Kier alpha value is -5.24. The average molecular weight is 576 g/mol. The van der Waals surface area contributed by atoms with Crippen molar-refractivity contribution in [3.05, 3.63) is 135 Å². The van der Waals surface area contributed by atoms with Crippen molar-refractivity contribution in [2.75, 3.05) is 6.61 Å². The first-order chi connectivity index (χ1) is 20.8. The second-order valence-electron chi connectivity index (χ2n) is 10.5. The van der Waals surface area contributed by atoms with Crippen molar-refractivity contribution in [3.63, 3.8) is 0 Å². The number of hydrogen-bond acceptors (Lipinski definition) is 5. The van der Waals surface area contributed by atoms with E-state index in [9.17, 15) is 19.7 Å². The zero-order chi connectivity index (χ0) is 30.3. The van der Waals surface area contributed by atoms with Crippen LogP contribution in [-0.4, -0.2) is 28.0 Å². The summed E-state index contributed by atoms with van der Waals surface area (Å²) in [5.74, 6) is -0.515. The van der Waals surface area contributed by atoms with Gasteiger partial charge in [0.05, 0.1) is 17.1 Å². The molecule has 0 aliphatic heterocycles. The number of rotatable bonds is 11. The summed E-state index contributed by atoms with van der Waals surface area (Å²) in [5, 5.41) is 14.7. The molecule has 0 unspecified atom stereocenters. The summed E-state index contributed by atoms with van der Waals surface area (Å²) < 4.78 is 7.62. The van der Waals surface area contributed by atoms with Crippen LogP contribution in [0.5, 0.6) is 0 Å². The van der Waals surface area contributed by atoms with Gasteiger partial charge >= 0.3 is 5.97 Å². The third-order valence-electron chi connectivity index (χ3n) is 7.44. The molecule has 5 rings (SSSR count). The smallest absolute Gasteiger partial charge is 0.338 e. The normalized spacial score (nSPS) is 10.9. The van der Waals surface area contributed by atoms with Crippen LogP contribution in [0.3, 0.4) is 0 Å². The number of carbonyl (C=O) groups excluding carboxylic acids is 2. The van der Waals surface area contributed by atoms with Crippen molar-refractivity contribution in [1.82, 2.24) is 9.88 Å². The molecule has 0 spiro atoms. The van der Waals surface area contributed by atoms with Gasteiger partial charge in [-0.1, -0.05) is 67.9 Å². The molecule has 1 amide bonds. The highest BCUT2D eigenvalue weighted by Crippen LogP contribution is 2.27. The SMILES string of the molecule is CCCCOC(=O)c1ccccc1-c1ccc(Cn2cc(C)c3cc(C(=O)NCc4ccc([N+](=O)[O-])cc4)ccc32)cc1. The Kier molecular flexibility index (Phi) is 8.96. The van der Waals surface area contributed by atoms with Crippen LogP contribution in [0.1, 0.15) is 57.2 Å². The first-order valence-electron chi connectivity index (χ1n) is 14.3. The second kappa shape index (κ2) is 13.2. The van der Waals surface area contributed by atoms with Gasteiger partial charge in [-0.15, -0.1) is 0 Å². The monoisotopic (exact) mass is 575 g/mol. The zero-order valence-electron chi connectivity index (χ0n) is 24.2. The fraction of sp³-hybridized carbons (Fsp3) is 0.200. The molecule has 0 atom stereocenters. The van der Waals surface area contributed by atoms with Gasteiger partial charge in [-0.05, 0) is 65.4 Å². The predicted molar refractivity (Wildman–Crippen MR) is 167 cm³/mol. The Morgan fingerprint density at radius 2 is 1.65 bits per heavy atom. The number of aryl methyl sites for hydroxylation is 1. The van der Waals surface area contributed by atoms with E-state index in [-0.39, 0.29) is 24.1 Å². The van der Waals surface area contributed by atoms with E-state index < -0.39 is 4.92 Å². The van der Waals surface area contributed by atoms with E-state index in [0.29, 0.717) is 24.3 Å². The van der Waals surface area contributed by atoms with Crippen LogP contribution in [-0.2, 0) is 17.8 Å². The summed E-state index contributed by atoms with van der Waals surface area (Å²) >= 11 is 0. The van der Waals surface area contributed by atoms with Gasteiger partial charge in [0.25, 0.3) is 11.6 Å². The number of non-ortho nitro benzene ring substituents is 1. The van der Waals surface area contributed by atoms with Crippen molar-refractivity contribution in [2.24, 2.45) is 0 Å². The van der Waals surface area contributed by atoms with Crippen LogP contribution >= 0.6 is 0 Å². The summed E-state index contributed by atoms with van der Waals surface area (Å²) in [4.78, 5) is 36.0. The summed E-state index contributed by atoms with van der Waals surface area (Å²) in [5.41, 5.74) is 6.89. The van der Waals surface area contributed by atoms with E-state index in [4.69, 9.17) is 4.74 Å². The van der Waals surface area contributed by atoms with Gasteiger partial charge in [0.2, 0.25) is 0 Å². The van der Waals surface area contributed by atoms with Crippen LogP contribution in [0, 0.1) is 17.0 Å². The fourth-order valence-electron chi connectivity index (χ4n) is 5.05. The van der Waals surface area contributed by atoms with E-state index in [1.165, 1.54) is 12.1 Å². The Bertz CT molecular complexity index is 1770. The zero-order valence-corrected chi connectivity index (χ0v) is 24.2. The number of nitrogens with zero attached hydrogens (tertiary/aromatic N) is 2. The molecule has 1 heterocycles. The third-order valence-corrected chi connectivity index (χ3v) is 7.44. The molecule has 0 fully saturated rings. The van der Waals surface area contributed by atoms with E-state index in [1.807, 2.05) is 55.5 Å². The lowest BCUT2D eigenvalue weighted by Crippen LogP contribution is -2.22. The lowest BCUT2D eigenvalue weighted by Gasteiger charge is -2.11. The first kappa shape index (κ1) is 29.3. The molecule has 0 aliphatic rings. The fourth-order valence-corrected chi connectivity index (χ4v) is 5.05. The van der Waals surface area contributed by atoms with E-state index in [0.717, 1.165) is 51.6 Å². The summed E-state index contributed by atoms with van der Waals surface area (Å²) in [7, 11) is 0. The third kappa shape index (κ3) is 6.81. The molecule has 1 N–H and O–H groups in total. The van der Waals surface area contributed by atoms with Crippen LogP contribution in [0.15, 0.2) is 97.2 Å². The van der Waals surface area contributed by atoms with Gasteiger partial charge in [0, 0.05) is 47.9 Å². The molecular formula is C35H33N3O5. The minimum absolute atomic E-state index is 0.0153. The van der Waals surface area contributed by atoms with E-state index in [2.05, 4.69) is 35.1 Å². The Morgan fingerprint density at radius 3 is 2.37 bits per heavy atom. The molecule has 43 heavy (non-hydrogen) atoms. The number of aromatic nitrogens is 1. The molecule has 1 aromatic heterocycles. The summed E-state index contributed by atoms with van der Waals surface area (Å²) in [6.45, 7) is 5.43. The number of nitrogens with one attached hydrogen (secondary N) is 1. The quantitative estimate of drug-likeness (QED) is 0.0762. The van der Waals surface area contributed by atoms with Gasteiger partial charge < -0.3 is 14.6 Å². The number of amides is 1. The molecule has 4 aromatic carbocycles. The minimum atomic E-state index is -0.448. The van der Waals surface area contributed by atoms with Gasteiger partial charge in [0.15, 0.2) is 0 Å². The molecule has 0 bridgehead atoms. The number of nitro benzene ring substituents is 1. The highest BCUT2D eigenvalue weighted by atomic mass is 16.6. The maximum absolute atomic E-state index is 12.9. The Morgan fingerprint density at radius 1 is 0.930 bits per heavy atom. The molecule has 0 aliphatic carbocycles. The molecular weight excluding hydrogens is 542 g/mol.